The van der Waals surface area contributed by atoms with Crippen LogP contribution in [0.15, 0.2) is 66.7 Å². The van der Waals surface area contributed by atoms with E-state index in [1.807, 2.05) is 0 Å². The van der Waals surface area contributed by atoms with Gasteiger partial charge in [0.25, 0.3) is 0 Å². The van der Waals surface area contributed by atoms with Crippen molar-refractivity contribution < 1.29 is 33.4 Å². The SMILES string of the molecule is CCOC(=O)c1ccc(N2C(=O)[C@H]3[C@@H](Cc4ccc(O)cc4)N[C@@]4(C(=O)Nc5ccc(F)cc54)[C@H]3C2=O)cc1. The van der Waals surface area contributed by atoms with Crippen molar-refractivity contribution in [1.29, 1.82) is 0 Å². The molecule has 0 unspecified atom stereocenters. The number of fused-ring (bicyclic) bond motifs is 4. The largest absolute Gasteiger partial charge is 0.508 e. The van der Waals surface area contributed by atoms with E-state index in [1.165, 1.54) is 54.6 Å². The van der Waals surface area contributed by atoms with Gasteiger partial charge in [-0.3, -0.25) is 19.7 Å². The number of hydrogen-bond acceptors (Lipinski definition) is 7. The van der Waals surface area contributed by atoms with Gasteiger partial charge in [0, 0.05) is 17.3 Å². The Hall–Kier alpha value is -4.57. The van der Waals surface area contributed by atoms with Gasteiger partial charge in [0.15, 0.2) is 0 Å². The lowest BCUT2D eigenvalue weighted by Crippen LogP contribution is -2.53. The topological polar surface area (TPSA) is 125 Å². The van der Waals surface area contributed by atoms with Crippen LogP contribution >= 0.6 is 0 Å². The van der Waals surface area contributed by atoms with Crippen molar-refractivity contribution in [2.75, 3.05) is 16.8 Å². The summed E-state index contributed by atoms with van der Waals surface area (Å²) in [5.41, 5.74) is 0.283. The van der Waals surface area contributed by atoms with Crippen LogP contribution in [0.5, 0.6) is 5.75 Å². The molecule has 0 aliphatic carbocycles. The minimum absolute atomic E-state index is 0.0802. The molecule has 2 fully saturated rings. The summed E-state index contributed by atoms with van der Waals surface area (Å²) in [4.78, 5) is 54.7. The number of amides is 3. The van der Waals surface area contributed by atoms with E-state index in [-0.39, 0.29) is 35.6 Å². The molecule has 198 valence electrons. The van der Waals surface area contributed by atoms with Crippen molar-refractivity contribution in [2.45, 2.75) is 24.9 Å². The van der Waals surface area contributed by atoms with E-state index < -0.39 is 52.9 Å². The molecule has 3 N–H and O–H groups in total. The third-order valence-electron chi connectivity index (χ3n) is 7.71. The van der Waals surface area contributed by atoms with E-state index in [9.17, 15) is 28.7 Å². The van der Waals surface area contributed by atoms with Gasteiger partial charge in [0.05, 0.1) is 29.7 Å². The van der Waals surface area contributed by atoms with E-state index in [0.717, 1.165) is 10.5 Å². The van der Waals surface area contributed by atoms with Crippen LogP contribution < -0.4 is 15.5 Å². The molecule has 3 aromatic rings. The molecule has 0 saturated carbocycles. The van der Waals surface area contributed by atoms with E-state index in [0.29, 0.717) is 5.69 Å². The van der Waals surface area contributed by atoms with Crippen LogP contribution in [-0.4, -0.2) is 41.4 Å². The van der Waals surface area contributed by atoms with Crippen LogP contribution in [-0.2, 0) is 31.1 Å². The Morgan fingerprint density at radius 3 is 2.44 bits per heavy atom. The fourth-order valence-corrected chi connectivity index (χ4v) is 6.05. The Kier molecular flexibility index (Phi) is 5.72. The minimum atomic E-state index is -1.66. The maximum absolute atomic E-state index is 14.4. The number of nitrogens with zero attached hydrogens (tertiary/aromatic N) is 1. The third kappa shape index (κ3) is 3.70. The second-order valence-electron chi connectivity index (χ2n) is 9.86. The molecule has 6 rings (SSSR count). The highest BCUT2D eigenvalue weighted by Gasteiger charge is 2.70. The van der Waals surface area contributed by atoms with Gasteiger partial charge in [-0.2, -0.15) is 0 Å². The minimum Gasteiger partial charge on any atom is -0.508 e. The lowest BCUT2D eigenvalue weighted by molar-refractivity contribution is -0.130. The number of phenolic OH excluding ortho intramolecular Hbond substituents is 1. The van der Waals surface area contributed by atoms with Crippen molar-refractivity contribution in [2.24, 2.45) is 11.8 Å². The highest BCUT2D eigenvalue weighted by molar-refractivity contribution is 6.25. The van der Waals surface area contributed by atoms with Gasteiger partial charge in [-0.15, -0.1) is 0 Å². The Morgan fingerprint density at radius 2 is 1.74 bits per heavy atom. The van der Waals surface area contributed by atoms with Crippen molar-refractivity contribution >= 4 is 35.1 Å². The van der Waals surface area contributed by atoms with Crippen molar-refractivity contribution in [3.05, 3.63) is 89.2 Å². The summed E-state index contributed by atoms with van der Waals surface area (Å²) in [5, 5.41) is 15.7. The van der Waals surface area contributed by atoms with Crippen LogP contribution in [0.25, 0.3) is 0 Å². The number of imide groups is 1. The Morgan fingerprint density at radius 1 is 1.03 bits per heavy atom. The maximum Gasteiger partial charge on any atom is 0.338 e. The van der Waals surface area contributed by atoms with Gasteiger partial charge in [-0.1, -0.05) is 12.1 Å². The predicted molar refractivity (Wildman–Crippen MR) is 137 cm³/mol. The first kappa shape index (κ1) is 24.7. The predicted octanol–water partition coefficient (Wildman–Crippen LogP) is 2.88. The average molecular weight is 530 g/mol. The molecule has 9 nitrogen and oxygen atoms in total. The molecule has 10 heteroatoms. The van der Waals surface area contributed by atoms with Crippen LogP contribution in [0.1, 0.15) is 28.4 Å². The number of esters is 1. The number of carbonyl (C=O) groups is 4. The Labute approximate surface area is 222 Å². The molecule has 3 aliphatic heterocycles. The van der Waals surface area contributed by atoms with Gasteiger partial charge in [-0.25, -0.2) is 14.1 Å². The first-order chi connectivity index (χ1) is 18.7. The normalized spacial score (nSPS) is 25.1. The summed E-state index contributed by atoms with van der Waals surface area (Å²) >= 11 is 0. The maximum atomic E-state index is 14.4. The summed E-state index contributed by atoms with van der Waals surface area (Å²) in [6.45, 7) is 1.89. The monoisotopic (exact) mass is 529 g/mol. The summed E-state index contributed by atoms with van der Waals surface area (Å²) < 4.78 is 19.4. The highest BCUT2D eigenvalue weighted by Crippen LogP contribution is 2.54. The lowest BCUT2D eigenvalue weighted by atomic mass is 9.76. The molecule has 1 spiro atoms. The van der Waals surface area contributed by atoms with Gasteiger partial charge in [0.2, 0.25) is 17.7 Å². The number of carbonyl (C=O) groups excluding carboxylic acids is 4. The first-order valence-corrected chi connectivity index (χ1v) is 12.6. The number of anilines is 2. The molecule has 39 heavy (non-hydrogen) atoms. The molecule has 0 radical (unpaired) electrons. The summed E-state index contributed by atoms with van der Waals surface area (Å²) in [7, 11) is 0. The van der Waals surface area contributed by atoms with E-state index in [2.05, 4.69) is 10.6 Å². The number of benzene rings is 3. The van der Waals surface area contributed by atoms with Crippen molar-refractivity contribution in [3.8, 4) is 5.75 Å². The van der Waals surface area contributed by atoms with E-state index >= 15 is 0 Å². The number of phenols is 1. The second kappa shape index (κ2) is 9.02. The standard InChI is InChI=1S/C29H24FN3O6/c1-2-39-27(37)16-5-8-18(9-6-16)33-25(35)23-22(13-15-3-10-19(34)11-4-15)32-29(24(23)26(33)36)20-14-17(30)7-12-21(20)31-28(29)38/h3-12,14,22-24,32,34H,2,13H2,1H3,(H,31,38)/t22-,23+,24-,29-/m1/s1. The van der Waals surface area contributed by atoms with Crippen LogP contribution in [0, 0.1) is 17.7 Å². The summed E-state index contributed by atoms with van der Waals surface area (Å²) in [6.07, 6.45) is 0.274. The zero-order chi connectivity index (χ0) is 27.5. The zero-order valence-corrected chi connectivity index (χ0v) is 20.8. The Bertz CT molecular complexity index is 1520. The zero-order valence-electron chi connectivity index (χ0n) is 20.8. The summed E-state index contributed by atoms with van der Waals surface area (Å²) in [5.74, 6) is -4.73. The molecule has 3 aromatic carbocycles. The highest BCUT2D eigenvalue weighted by atomic mass is 19.1. The number of hydrogen-bond donors (Lipinski definition) is 3. The van der Waals surface area contributed by atoms with Gasteiger partial charge < -0.3 is 15.2 Å². The molecule has 0 bridgehead atoms. The molecule has 3 heterocycles. The second-order valence-corrected chi connectivity index (χ2v) is 9.86. The quantitative estimate of drug-likeness (QED) is 0.343. The smallest absolute Gasteiger partial charge is 0.338 e. The van der Waals surface area contributed by atoms with Crippen LogP contribution in [0.2, 0.25) is 0 Å². The fraction of sp³-hybridized carbons (Fsp3) is 0.241. The summed E-state index contributed by atoms with van der Waals surface area (Å²) in [6, 6.07) is 15.6. The Balaban J connectivity index is 1.43. The fourth-order valence-electron chi connectivity index (χ4n) is 6.05. The number of aromatic hydroxyl groups is 1. The number of ether oxygens (including phenoxy) is 1. The number of rotatable bonds is 5. The lowest BCUT2D eigenvalue weighted by Gasteiger charge is -2.29. The molecular weight excluding hydrogens is 505 g/mol. The van der Waals surface area contributed by atoms with Crippen molar-refractivity contribution in [3.63, 3.8) is 0 Å². The van der Waals surface area contributed by atoms with Gasteiger partial charge in [0.1, 0.15) is 17.1 Å². The molecule has 3 aliphatic rings. The number of halogens is 1. The van der Waals surface area contributed by atoms with Gasteiger partial charge in [-0.05, 0) is 73.5 Å². The molecule has 2 saturated heterocycles. The van der Waals surface area contributed by atoms with Crippen LogP contribution in [0.3, 0.4) is 0 Å². The van der Waals surface area contributed by atoms with E-state index in [4.69, 9.17) is 4.74 Å². The van der Waals surface area contributed by atoms with Gasteiger partial charge >= 0.3 is 5.97 Å². The van der Waals surface area contributed by atoms with Crippen LogP contribution in [0.4, 0.5) is 15.8 Å². The third-order valence-corrected chi connectivity index (χ3v) is 7.71. The van der Waals surface area contributed by atoms with E-state index in [1.54, 1.807) is 19.1 Å². The van der Waals surface area contributed by atoms with Crippen molar-refractivity contribution in [1.82, 2.24) is 5.32 Å². The number of nitrogens with one attached hydrogen (secondary N) is 2. The average Bonchev–Trinajstić information content (AvgIpc) is 3.50. The molecule has 4 atom stereocenters. The first-order valence-electron chi connectivity index (χ1n) is 12.6. The molecule has 0 aromatic heterocycles. The molecule has 3 amide bonds. The molecular formula is C29H24FN3O6.